The lowest BCUT2D eigenvalue weighted by Crippen LogP contribution is -2.17. The summed E-state index contributed by atoms with van der Waals surface area (Å²) in [5.74, 6) is -3.70. The SMILES string of the molecule is Fc1ccc(N2Cc3ccccc3C2)c(F)c1F. The van der Waals surface area contributed by atoms with Gasteiger partial charge >= 0.3 is 0 Å². The summed E-state index contributed by atoms with van der Waals surface area (Å²) in [5.41, 5.74) is 2.27. The molecule has 0 aromatic heterocycles. The summed E-state index contributed by atoms with van der Waals surface area (Å²) >= 11 is 0. The van der Waals surface area contributed by atoms with Gasteiger partial charge in [0.15, 0.2) is 17.5 Å². The predicted molar refractivity (Wildman–Crippen MR) is 62.6 cm³/mol. The van der Waals surface area contributed by atoms with Crippen molar-refractivity contribution >= 4 is 5.69 Å². The van der Waals surface area contributed by atoms with E-state index in [0.717, 1.165) is 17.2 Å². The quantitative estimate of drug-likeness (QED) is 0.698. The third kappa shape index (κ3) is 1.65. The average Bonchev–Trinajstić information content (AvgIpc) is 2.79. The number of anilines is 1. The van der Waals surface area contributed by atoms with E-state index in [1.54, 1.807) is 4.90 Å². The minimum absolute atomic E-state index is 0.102. The van der Waals surface area contributed by atoms with Crippen LogP contribution in [0.1, 0.15) is 11.1 Å². The van der Waals surface area contributed by atoms with E-state index in [1.807, 2.05) is 24.3 Å². The molecule has 1 nitrogen and oxygen atoms in total. The molecule has 0 unspecified atom stereocenters. The van der Waals surface area contributed by atoms with Gasteiger partial charge in [-0.3, -0.25) is 0 Å². The summed E-state index contributed by atoms with van der Waals surface area (Å²) in [7, 11) is 0. The fourth-order valence-corrected chi connectivity index (χ4v) is 2.26. The van der Waals surface area contributed by atoms with E-state index in [-0.39, 0.29) is 5.69 Å². The second kappa shape index (κ2) is 4.05. The lowest BCUT2D eigenvalue weighted by atomic mass is 10.1. The van der Waals surface area contributed by atoms with E-state index in [9.17, 15) is 13.2 Å². The summed E-state index contributed by atoms with van der Waals surface area (Å²) in [4.78, 5) is 1.70. The Balaban J connectivity index is 1.98. The average molecular weight is 249 g/mol. The maximum atomic E-state index is 13.7. The standard InChI is InChI=1S/C14H10F3N/c15-11-5-6-12(14(17)13(11)16)18-7-9-3-1-2-4-10(9)8-18/h1-6H,7-8H2. The highest BCUT2D eigenvalue weighted by molar-refractivity contribution is 5.53. The smallest absolute Gasteiger partial charge is 0.196 e. The largest absolute Gasteiger partial charge is 0.360 e. The second-order valence-corrected chi connectivity index (χ2v) is 4.32. The molecule has 0 atom stereocenters. The summed E-state index contributed by atoms with van der Waals surface area (Å²) in [6, 6.07) is 9.95. The monoisotopic (exact) mass is 249 g/mol. The van der Waals surface area contributed by atoms with Gasteiger partial charge < -0.3 is 4.90 Å². The van der Waals surface area contributed by atoms with Gasteiger partial charge in [0.25, 0.3) is 0 Å². The first-order valence-electron chi connectivity index (χ1n) is 5.62. The maximum absolute atomic E-state index is 13.7. The molecular weight excluding hydrogens is 239 g/mol. The highest BCUT2D eigenvalue weighted by Gasteiger charge is 2.23. The Morgan fingerprint density at radius 1 is 0.778 bits per heavy atom. The molecule has 4 heteroatoms. The molecule has 0 N–H and O–H groups in total. The predicted octanol–water partition coefficient (Wildman–Crippen LogP) is 3.62. The molecule has 0 saturated carbocycles. The molecular formula is C14H10F3N. The van der Waals surface area contributed by atoms with Gasteiger partial charge in [0.2, 0.25) is 0 Å². The van der Waals surface area contributed by atoms with E-state index < -0.39 is 17.5 Å². The van der Waals surface area contributed by atoms with Crippen molar-refractivity contribution < 1.29 is 13.2 Å². The molecule has 92 valence electrons. The van der Waals surface area contributed by atoms with Crippen LogP contribution in [0.3, 0.4) is 0 Å². The molecule has 1 aliphatic rings. The van der Waals surface area contributed by atoms with Crippen LogP contribution in [0, 0.1) is 17.5 Å². The third-order valence-electron chi connectivity index (χ3n) is 3.20. The summed E-state index contributed by atoms with van der Waals surface area (Å²) in [6.07, 6.45) is 0. The first kappa shape index (κ1) is 11.1. The van der Waals surface area contributed by atoms with Crippen molar-refractivity contribution in [2.45, 2.75) is 13.1 Å². The summed E-state index contributed by atoms with van der Waals surface area (Å²) in [6.45, 7) is 1.02. The van der Waals surface area contributed by atoms with Gasteiger partial charge in [0, 0.05) is 13.1 Å². The molecule has 0 fully saturated rings. The van der Waals surface area contributed by atoms with Gasteiger partial charge in [-0.15, -0.1) is 0 Å². The van der Waals surface area contributed by atoms with Crippen LogP contribution in [0.15, 0.2) is 36.4 Å². The van der Waals surface area contributed by atoms with Crippen LogP contribution in [0.25, 0.3) is 0 Å². The highest BCUT2D eigenvalue weighted by Crippen LogP contribution is 2.31. The molecule has 0 aliphatic carbocycles. The van der Waals surface area contributed by atoms with E-state index >= 15 is 0 Å². The molecule has 0 saturated heterocycles. The number of rotatable bonds is 1. The zero-order chi connectivity index (χ0) is 12.7. The number of hydrogen-bond donors (Lipinski definition) is 0. The Morgan fingerprint density at radius 3 is 2.00 bits per heavy atom. The molecule has 0 spiro atoms. The molecule has 2 aromatic carbocycles. The normalized spacial score (nSPS) is 13.8. The van der Waals surface area contributed by atoms with Crippen LogP contribution in [0.5, 0.6) is 0 Å². The first-order chi connectivity index (χ1) is 8.66. The molecule has 0 bridgehead atoms. The van der Waals surface area contributed by atoms with Crippen LogP contribution < -0.4 is 4.90 Å². The minimum atomic E-state index is -1.41. The third-order valence-corrected chi connectivity index (χ3v) is 3.20. The van der Waals surface area contributed by atoms with Crippen molar-refractivity contribution in [2.75, 3.05) is 4.90 Å². The molecule has 1 aliphatic heterocycles. The fraction of sp³-hybridized carbons (Fsp3) is 0.143. The Kier molecular flexibility index (Phi) is 2.51. The summed E-state index contributed by atoms with van der Waals surface area (Å²) < 4.78 is 39.8. The molecule has 1 heterocycles. The number of hydrogen-bond acceptors (Lipinski definition) is 1. The summed E-state index contributed by atoms with van der Waals surface area (Å²) in [5, 5.41) is 0. The Bertz CT molecular complexity index is 585. The topological polar surface area (TPSA) is 3.24 Å². The van der Waals surface area contributed by atoms with E-state index in [0.29, 0.717) is 13.1 Å². The highest BCUT2D eigenvalue weighted by atomic mass is 19.2. The Morgan fingerprint density at radius 2 is 1.39 bits per heavy atom. The maximum Gasteiger partial charge on any atom is 0.196 e. The van der Waals surface area contributed by atoms with Crippen molar-refractivity contribution in [2.24, 2.45) is 0 Å². The van der Waals surface area contributed by atoms with Crippen molar-refractivity contribution in [1.82, 2.24) is 0 Å². The van der Waals surface area contributed by atoms with E-state index in [1.165, 1.54) is 6.07 Å². The van der Waals surface area contributed by atoms with Crippen molar-refractivity contribution in [3.05, 3.63) is 65.0 Å². The van der Waals surface area contributed by atoms with Gasteiger partial charge in [-0.1, -0.05) is 24.3 Å². The van der Waals surface area contributed by atoms with Crippen LogP contribution in [0.2, 0.25) is 0 Å². The molecule has 18 heavy (non-hydrogen) atoms. The van der Waals surface area contributed by atoms with Crippen molar-refractivity contribution in [3.8, 4) is 0 Å². The molecule has 2 aromatic rings. The molecule has 0 amide bonds. The van der Waals surface area contributed by atoms with Crippen LogP contribution in [-0.2, 0) is 13.1 Å². The first-order valence-corrected chi connectivity index (χ1v) is 5.62. The lowest BCUT2D eigenvalue weighted by molar-refractivity contribution is 0.446. The van der Waals surface area contributed by atoms with Gasteiger partial charge in [-0.2, -0.15) is 0 Å². The fourth-order valence-electron chi connectivity index (χ4n) is 2.26. The van der Waals surface area contributed by atoms with E-state index in [2.05, 4.69) is 0 Å². The molecule has 3 rings (SSSR count). The van der Waals surface area contributed by atoms with Gasteiger partial charge in [0.1, 0.15) is 0 Å². The minimum Gasteiger partial charge on any atom is -0.360 e. The van der Waals surface area contributed by atoms with Crippen LogP contribution in [-0.4, -0.2) is 0 Å². The number of benzene rings is 2. The van der Waals surface area contributed by atoms with Crippen molar-refractivity contribution in [3.63, 3.8) is 0 Å². The van der Waals surface area contributed by atoms with Crippen molar-refractivity contribution in [1.29, 1.82) is 0 Å². The zero-order valence-corrected chi connectivity index (χ0v) is 9.46. The number of nitrogens with zero attached hydrogens (tertiary/aromatic N) is 1. The Labute approximate surface area is 102 Å². The second-order valence-electron chi connectivity index (χ2n) is 4.32. The van der Waals surface area contributed by atoms with Gasteiger partial charge in [-0.05, 0) is 23.3 Å². The number of fused-ring (bicyclic) bond motifs is 1. The Hall–Kier alpha value is -1.97. The number of halogens is 3. The van der Waals surface area contributed by atoms with Gasteiger partial charge in [0.05, 0.1) is 5.69 Å². The van der Waals surface area contributed by atoms with Crippen LogP contribution >= 0.6 is 0 Å². The molecule has 0 radical (unpaired) electrons. The lowest BCUT2D eigenvalue weighted by Gasteiger charge is -2.18. The zero-order valence-electron chi connectivity index (χ0n) is 9.46. The van der Waals surface area contributed by atoms with E-state index in [4.69, 9.17) is 0 Å². The van der Waals surface area contributed by atoms with Gasteiger partial charge in [-0.25, -0.2) is 13.2 Å². The van der Waals surface area contributed by atoms with Crippen LogP contribution in [0.4, 0.5) is 18.9 Å².